The molecule has 0 spiro atoms. The molecule has 2 aromatic carbocycles. The fourth-order valence-corrected chi connectivity index (χ4v) is 4.70. The van der Waals surface area contributed by atoms with Gasteiger partial charge < -0.3 is 14.5 Å². The molecule has 1 aromatic heterocycles. The van der Waals surface area contributed by atoms with E-state index in [4.69, 9.17) is 4.74 Å². The summed E-state index contributed by atoms with van der Waals surface area (Å²) >= 11 is 1.28. The summed E-state index contributed by atoms with van der Waals surface area (Å²) in [4.78, 5) is 40.6. The van der Waals surface area contributed by atoms with E-state index in [2.05, 4.69) is 0 Å². The van der Waals surface area contributed by atoms with Crippen LogP contribution in [0.2, 0.25) is 0 Å². The molecule has 1 aliphatic heterocycles. The molecule has 6 nitrogen and oxygen atoms in total. The highest BCUT2D eigenvalue weighted by molar-refractivity contribution is 7.12. The van der Waals surface area contributed by atoms with E-state index in [1.54, 1.807) is 17.0 Å². The predicted octanol–water partition coefficient (Wildman–Crippen LogP) is 4.57. The van der Waals surface area contributed by atoms with Crippen LogP contribution in [0.1, 0.15) is 32.5 Å². The highest BCUT2D eigenvalue weighted by Gasteiger charge is 2.25. The van der Waals surface area contributed by atoms with Crippen LogP contribution < -0.4 is 4.90 Å². The van der Waals surface area contributed by atoms with Gasteiger partial charge in [0.25, 0.3) is 5.91 Å². The van der Waals surface area contributed by atoms with Crippen molar-refractivity contribution in [1.82, 2.24) is 4.90 Å². The number of thiophene rings is 1. The number of aryl methyl sites for hydroxylation is 1. The van der Waals surface area contributed by atoms with Crippen LogP contribution in [-0.4, -0.2) is 55.3 Å². The van der Waals surface area contributed by atoms with E-state index >= 15 is 0 Å². The number of benzene rings is 2. The Morgan fingerprint density at radius 3 is 2.35 bits per heavy atom. The van der Waals surface area contributed by atoms with Gasteiger partial charge in [-0.1, -0.05) is 29.8 Å². The van der Waals surface area contributed by atoms with Gasteiger partial charge in [-0.2, -0.15) is 0 Å². The van der Waals surface area contributed by atoms with Crippen molar-refractivity contribution >= 4 is 34.7 Å². The van der Waals surface area contributed by atoms with E-state index in [9.17, 15) is 18.8 Å². The first-order valence-corrected chi connectivity index (χ1v) is 11.9. The van der Waals surface area contributed by atoms with Crippen LogP contribution in [0.25, 0.3) is 11.1 Å². The molecule has 0 atom stereocenters. The largest absolute Gasteiger partial charge is 0.451 e. The smallest absolute Gasteiger partial charge is 0.349 e. The number of Topliss-reactive ketones (excluding diaryl/α,β-unsaturated/α-hetero) is 1. The summed E-state index contributed by atoms with van der Waals surface area (Å²) in [7, 11) is 0. The van der Waals surface area contributed by atoms with E-state index in [1.807, 2.05) is 47.5 Å². The van der Waals surface area contributed by atoms with Gasteiger partial charge in [0.2, 0.25) is 0 Å². The Bertz CT molecular complexity index is 1210. The Kier molecular flexibility index (Phi) is 7.07. The third kappa shape index (κ3) is 5.17. The van der Waals surface area contributed by atoms with Gasteiger partial charge in [0.05, 0.1) is 5.69 Å². The van der Waals surface area contributed by atoms with Crippen molar-refractivity contribution in [3.8, 4) is 11.1 Å². The Labute approximate surface area is 201 Å². The van der Waals surface area contributed by atoms with E-state index in [0.717, 1.165) is 16.7 Å². The van der Waals surface area contributed by atoms with Gasteiger partial charge in [-0.05, 0) is 49.1 Å². The van der Waals surface area contributed by atoms with Gasteiger partial charge in [0, 0.05) is 37.3 Å². The number of halogens is 1. The molecule has 0 aliphatic carbocycles. The lowest BCUT2D eigenvalue weighted by atomic mass is 10.1. The molecule has 0 bridgehead atoms. The van der Waals surface area contributed by atoms with Gasteiger partial charge in [-0.25, -0.2) is 9.18 Å². The van der Waals surface area contributed by atoms with Gasteiger partial charge in [0.1, 0.15) is 10.7 Å². The molecule has 0 saturated carbocycles. The van der Waals surface area contributed by atoms with Crippen LogP contribution >= 0.6 is 11.3 Å². The average molecular weight is 481 g/mol. The van der Waals surface area contributed by atoms with E-state index in [1.165, 1.54) is 24.3 Å². The zero-order valence-corrected chi connectivity index (χ0v) is 19.9. The third-order valence-corrected chi connectivity index (χ3v) is 6.76. The maximum atomic E-state index is 14.4. The van der Waals surface area contributed by atoms with Crippen LogP contribution in [0.4, 0.5) is 10.1 Å². The normalized spacial score (nSPS) is 13.6. The zero-order valence-electron chi connectivity index (χ0n) is 19.0. The molecule has 1 fully saturated rings. The topological polar surface area (TPSA) is 66.9 Å². The molecule has 176 valence electrons. The van der Waals surface area contributed by atoms with E-state index in [0.29, 0.717) is 42.3 Å². The molecule has 3 aromatic rings. The fraction of sp³-hybridized carbons (Fsp3) is 0.269. The van der Waals surface area contributed by atoms with E-state index < -0.39 is 11.8 Å². The Hall–Kier alpha value is -3.52. The Balaban J connectivity index is 1.31. The molecule has 8 heteroatoms. The lowest BCUT2D eigenvalue weighted by Gasteiger charge is -2.36. The number of nitrogens with zero attached hydrogens (tertiary/aromatic N) is 2. The first kappa shape index (κ1) is 23.6. The number of rotatable bonds is 6. The molecule has 0 unspecified atom stereocenters. The second-order valence-electron chi connectivity index (χ2n) is 8.20. The van der Waals surface area contributed by atoms with Crippen molar-refractivity contribution in [2.45, 2.75) is 13.8 Å². The summed E-state index contributed by atoms with van der Waals surface area (Å²) < 4.78 is 19.8. The molecule has 1 aliphatic rings. The molecule has 4 rings (SSSR count). The first-order chi connectivity index (χ1) is 16.3. The van der Waals surface area contributed by atoms with Crippen LogP contribution in [0.3, 0.4) is 0 Å². The molecule has 0 N–H and O–H groups in total. The number of amides is 1. The summed E-state index contributed by atoms with van der Waals surface area (Å²) in [6.07, 6.45) is 0. The molecular weight excluding hydrogens is 455 g/mol. The number of piperazine rings is 1. The van der Waals surface area contributed by atoms with Crippen molar-refractivity contribution < 1.29 is 23.5 Å². The maximum Gasteiger partial charge on any atom is 0.349 e. The summed E-state index contributed by atoms with van der Waals surface area (Å²) in [6.45, 7) is 4.71. The summed E-state index contributed by atoms with van der Waals surface area (Å²) in [6, 6.07) is 14.2. The van der Waals surface area contributed by atoms with Crippen molar-refractivity contribution in [2.75, 3.05) is 37.7 Å². The highest BCUT2D eigenvalue weighted by Crippen LogP contribution is 2.29. The van der Waals surface area contributed by atoms with E-state index in [-0.39, 0.29) is 18.3 Å². The quantitative estimate of drug-likeness (QED) is 0.382. The van der Waals surface area contributed by atoms with Crippen molar-refractivity contribution in [1.29, 1.82) is 0 Å². The minimum absolute atomic E-state index is 0.191. The van der Waals surface area contributed by atoms with Crippen molar-refractivity contribution in [3.05, 3.63) is 75.7 Å². The molecule has 1 saturated heterocycles. The second kappa shape index (κ2) is 10.2. The number of carbonyl (C=O) groups excluding carboxylic acids is 3. The van der Waals surface area contributed by atoms with Crippen LogP contribution in [0.15, 0.2) is 53.9 Å². The minimum atomic E-state index is -0.523. The van der Waals surface area contributed by atoms with Crippen LogP contribution in [0.5, 0.6) is 0 Å². The SMILES string of the molecule is CC(=O)c1ccc(N2CCN(C(=O)COC(=O)c3sccc3-c3ccc(C)cc3)CC2)c(F)c1. The lowest BCUT2D eigenvalue weighted by Crippen LogP contribution is -2.50. The highest BCUT2D eigenvalue weighted by atomic mass is 32.1. The monoisotopic (exact) mass is 480 g/mol. The minimum Gasteiger partial charge on any atom is -0.451 e. The van der Waals surface area contributed by atoms with Gasteiger partial charge in [-0.15, -0.1) is 11.3 Å². The predicted molar refractivity (Wildman–Crippen MR) is 130 cm³/mol. The zero-order chi connectivity index (χ0) is 24.2. The van der Waals surface area contributed by atoms with Crippen molar-refractivity contribution in [3.63, 3.8) is 0 Å². The first-order valence-electron chi connectivity index (χ1n) is 11.0. The van der Waals surface area contributed by atoms with Crippen molar-refractivity contribution in [2.24, 2.45) is 0 Å². The average Bonchev–Trinajstić information content (AvgIpc) is 3.33. The Morgan fingerprint density at radius 2 is 1.71 bits per heavy atom. The molecule has 1 amide bonds. The van der Waals surface area contributed by atoms with Gasteiger partial charge in [-0.3, -0.25) is 9.59 Å². The lowest BCUT2D eigenvalue weighted by molar-refractivity contribution is -0.134. The number of hydrogen-bond acceptors (Lipinski definition) is 6. The molecule has 34 heavy (non-hydrogen) atoms. The van der Waals surface area contributed by atoms with Gasteiger partial charge in [0.15, 0.2) is 12.4 Å². The number of ketones is 1. The maximum absolute atomic E-state index is 14.4. The number of ether oxygens (including phenoxy) is 1. The second-order valence-corrected chi connectivity index (χ2v) is 9.11. The summed E-state index contributed by atoms with van der Waals surface area (Å²) in [5.41, 5.74) is 3.57. The van der Waals surface area contributed by atoms with Crippen LogP contribution in [-0.2, 0) is 9.53 Å². The number of anilines is 1. The fourth-order valence-electron chi connectivity index (χ4n) is 3.89. The number of hydrogen-bond donors (Lipinski definition) is 0. The Morgan fingerprint density at radius 1 is 1.00 bits per heavy atom. The van der Waals surface area contributed by atoms with Gasteiger partial charge >= 0.3 is 5.97 Å². The number of carbonyl (C=O) groups is 3. The summed E-state index contributed by atoms with van der Waals surface area (Å²) in [5.74, 6) is -1.45. The molecular formula is C26H25FN2O4S. The standard InChI is InChI=1S/C26H25FN2O4S/c1-17-3-5-19(6-4-17)21-9-14-34-25(21)26(32)33-16-24(31)29-12-10-28(11-13-29)23-8-7-20(18(2)30)15-22(23)27/h3-9,14-15H,10-13,16H2,1-2H3. The van der Waals surface area contributed by atoms with Crippen LogP contribution in [0, 0.1) is 12.7 Å². The molecule has 0 radical (unpaired) electrons. The molecule has 2 heterocycles. The third-order valence-electron chi connectivity index (χ3n) is 5.87. The summed E-state index contributed by atoms with van der Waals surface area (Å²) in [5, 5.41) is 1.83. The number of esters is 1.